The average Bonchev–Trinajstić information content (AvgIpc) is 3.24. The molecule has 1 atom stereocenters. The zero-order chi connectivity index (χ0) is 25.8. The molecule has 1 saturated heterocycles. The fraction of sp³-hybridized carbons (Fsp3) is 0.300. The Morgan fingerprint density at radius 2 is 1.61 bits per heavy atom. The van der Waals surface area contributed by atoms with E-state index in [9.17, 15) is 14.4 Å². The highest BCUT2D eigenvalue weighted by Crippen LogP contribution is 2.33. The quantitative estimate of drug-likeness (QED) is 0.289. The number of hydrogen-bond donors (Lipinski definition) is 0. The molecule has 0 aliphatic carbocycles. The normalized spacial score (nSPS) is 15.3. The lowest BCUT2D eigenvalue weighted by Gasteiger charge is -2.18. The zero-order valence-corrected chi connectivity index (χ0v) is 21.1. The van der Waals surface area contributed by atoms with E-state index >= 15 is 0 Å². The molecule has 1 heterocycles. The maximum absolute atomic E-state index is 12.6. The molecule has 0 saturated carbocycles. The first-order valence-corrected chi connectivity index (χ1v) is 12.2. The van der Waals surface area contributed by atoms with Gasteiger partial charge in [-0.25, -0.2) is 0 Å². The number of ketones is 1. The molecular formula is C30H31NO5. The molecule has 36 heavy (non-hydrogen) atoms. The largest absolute Gasteiger partial charge is 0.457 e. The van der Waals surface area contributed by atoms with Gasteiger partial charge in [-0.05, 0) is 61.2 Å². The van der Waals surface area contributed by atoms with Crippen LogP contribution in [0, 0.1) is 19.8 Å². The van der Waals surface area contributed by atoms with Gasteiger partial charge in [0.15, 0.2) is 12.4 Å². The first-order valence-electron chi connectivity index (χ1n) is 12.2. The van der Waals surface area contributed by atoms with Crippen molar-refractivity contribution in [2.24, 2.45) is 5.92 Å². The maximum Gasteiger partial charge on any atom is 0.311 e. The summed E-state index contributed by atoms with van der Waals surface area (Å²) in [7, 11) is 0. The second-order valence-electron chi connectivity index (χ2n) is 9.59. The molecular weight excluding hydrogens is 454 g/mol. The van der Waals surface area contributed by atoms with E-state index < -0.39 is 11.9 Å². The van der Waals surface area contributed by atoms with Gasteiger partial charge in [0.05, 0.1) is 5.92 Å². The molecule has 0 spiro atoms. The smallest absolute Gasteiger partial charge is 0.311 e. The summed E-state index contributed by atoms with van der Waals surface area (Å²) in [6.07, 6.45) is 0.0524. The number of rotatable bonds is 8. The fourth-order valence-electron chi connectivity index (χ4n) is 4.22. The monoisotopic (exact) mass is 485 g/mol. The summed E-state index contributed by atoms with van der Waals surface area (Å²) in [6.45, 7) is 8.09. The average molecular weight is 486 g/mol. The van der Waals surface area contributed by atoms with Gasteiger partial charge in [-0.2, -0.15) is 0 Å². The van der Waals surface area contributed by atoms with Gasteiger partial charge in [0.25, 0.3) is 0 Å². The van der Waals surface area contributed by atoms with Gasteiger partial charge in [0.2, 0.25) is 5.91 Å². The second kappa shape index (κ2) is 10.8. The highest BCUT2D eigenvalue weighted by molar-refractivity contribution is 6.01. The standard InChI is InChI=1S/C30H31NO5/c1-19(2)26-14-7-21(4)15-28(26)36-25-12-10-24(11-13-25)31-17-23(16-29(31)33)30(34)35-18-27(32)22-8-5-20(3)6-9-22/h5-15,19,23H,16-18H2,1-4H3/t23-/m0/s1. The Labute approximate surface area is 211 Å². The third-order valence-electron chi connectivity index (χ3n) is 6.34. The predicted molar refractivity (Wildman–Crippen MR) is 139 cm³/mol. The van der Waals surface area contributed by atoms with E-state index in [0.717, 1.165) is 22.4 Å². The lowest BCUT2D eigenvalue weighted by atomic mass is 10.0. The number of benzene rings is 3. The number of aryl methyl sites for hydroxylation is 2. The van der Waals surface area contributed by atoms with Crippen LogP contribution in [-0.4, -0.2) is 30.8 Å². The van der Waals surface area contributed by atoms with Gasteiger partial charge < -0.3 is 14.4 Å². The molecule has 1 aliphatic rings. The van der Waals surface area contributed by atoms with Gasteiger partial charge in [-0.3, -0.25) is 14.4 Å². The van der Waals surface area contributed by atoms with Crippen molar-refractivity contribution in [2.75, 3.05) is 18.1 Å². The fourth-order valence-corrected chi connectivity index (χ4v) is 4.22. The molecule has 3 aromatic rings. The Morgan fingerprint density at radius 3 is 2.28 bits per heavy atom. The molecule has 0 N–H and O–H groups in total. The van der Waals surface area contributed by atoms with Crippen molar-refractivity contribution >= 4 is 23.3 Å². The van der Waals surface area contributed by atoms with Crippen molar-refractivity contribution in [3.63, 3.8) is 0 Å². The molecule has 186 valence electrons. The van der Waals surface area contributed by atoms with Gasteiger partial charge in [-0.1, -0.05) is 55.8 Å². The minimum Gasteiger partial charge on any atom is -0.457 e. The van der Waals surface area contributed by atoms with Crippen molar-refractivity contribution < 1.29 is 23.9 Å². The first-order chi connectivity index (χ1) is 17.2. The summed E-state index contributed by atoms with van der Waals surface area (Å²) < 4.78 is 11.4. The Balaban J connectivity index is 1.36. The number of carbonyl (C=O) groups excluding carboxylic acids is 3. The van der Waals surface area contributed by atoms with Crippen LogP contribution in [-0.2, 0) is 14.3 Å². The van der Waals surface area contributed by atoms with Crippen LogP contribution in [0.3, 0.4) is 0 Å². The van der Waals surface area contributed by atoms with Crippen LogP contribution in [0.25, 0.3) is 0 Å². The number of amides is 1. The molecule has 4 rings (SSSR count). The molecule has 0 unspecified atom stereocenters. The number of anilines is 1. The summed E-state index contributed by atoms with van der Waals surface area (Å²) in [5.41, 5.74) is 4.47. The van der Waals surface area contributed by atoms with Crippen LogP contribution < -0.4 is 9.64 Å². The lowest BCUT2D eigenvalue weighted by molar-refractivity contribution is -0.147. The SMILES string of the molecule is Cc1ccc(C(=O)COC(=O)[C@H]2CC(=O)N(c3ccc(Oc4cc(C)ccc4C(C)C)cc3)C2)cc1. The van der Waals surface area contributed by atoms with E-state index in [1.165, 1.54) is 0 Å². The van der Waals surface area contributed by atoms with Crippen molar-refractivity contribution in [3.8, 4) is 11.5 Å². The van der Waals surface area contributed by atoms with Gasteiger partial charge in [0.1, 0.15) is 11.5 Å². The van der Waals surface area contributed by atoms with Crippen LogP contribution in [0.5, 0.6) is 11.5 Å². The summed E-state index contributed by atoms with van der Waals surface area (Å²) in [5, 5.41) is 0. The van der Waals surface area contributed by atoms with E-state index in [1.807, 2.05) is 56.3 Å². The Hall–Kier alpha value is -3.93. The molecule has 1 aliphatic heterocycles. The molecule has 1 amide bonds. The topological polar surface area (TPSA) is 72.9 Å². The van der Waals surface area contributed by atoms with Crippen molar-refractivity contribution in [2.45, 2.75) is 40.0 Å². The van der Waals surface area contributed by atoms with Crippen LogP contribution in [0.4, 0.5) is 5.69 Å². The molecule has 0 radical (unpaired) electrons. The van der Waals surface area contributed by atoms with Crippen molar-refractivity contribution in [3.05, 3.63) is 89.0 Å². The van der Waals surface area contributed by atoms with Crippen LogP contribution in [0.2, 0.25) is 0 Å². The lowest BCUT2D eigenvalue weighted by Crippen LogP contribution is -2.27. The summed E-state index contributed by atoms with van der Waals surface area (Å²) in [5.74, 6) is 0.241. The van der Waals surface area contributed by atoms with Gasteiger partial charge in [-0.15, -0.1) is 0 Å². The van der Waals surface area contributed by atoms with Crippen LogP contribution >= 0.6 is 0 Å². The van der Waals surface area contributed by atoms with Crippen molar-refractivity contribution in [1.29, 1.82) is 0 Å². The third-order valence-corrected chi connectivity index (χ3v) is 6.34. The highest BCUT2D eigenvalue weighted by atomic mass is 16.5. The highest BCUT2D eigenvalue weighted by Gasteiger charge is 2.36. The first kappa shape index (κ1) is 25.2. The Bertz CT molecular complexity index is 1260. The van der Waals surface area contributed by atoms with Crippen LogP contribution in [0.1, 0.15) is 53.2 Å². The van der Waals surface area contributed by atoms with Crippen LogP contribution in [0.15, 0.2) is 66.7 Å². The Morgan fingerprint density at radius 1 is 0.944 bits per heavy atom. The van der Waals surface area contributed by atoms with Gasteiger partial charge >= 0.3 is 5.97 Å². The predicted octanol–water partition coefficient (Wildman–Crippen LogP) is 6.00. The minimum atomic E-state index is -0.611. The third kappa shape index (κ3) is 5.82. The molecule has 6 heteroatoms. The van der Waals surface area contributed by atoms with Crippen molar-refractivity contribution in [1.82, 2.24) is 0 Å². The molecule has 3 aromatic carbocycles. The second-order valence-corrected chi connectivity index (χ2v) is 9.59. The van der Waals surface area contributed by atoms with E-state index in [4.69, 9.17) is 9.47 Å². The number of carbonyl (C=O) groups is 3. The zero-order valence-electron chi connectivity index (χ0n) is 21.1. The number of ether oxygens (including phenoxy) is 2. The van der Waals surface area contributed by atoms with E-state index in [1.54, 1.807) is 17.0 Å². The molecule has 1 fully saturated rings. The van der Waals surface area contributed by atoms with E-state index in [0.29, 0.717) is 22.9 Å². The molecule has 6 nitrogen and oxygen atoms in total. The number of hydrogen-bond acceptors (Lipinski definition) is 5. The van der Waals surface area contributed by atoms with Gasteiger partial charge in [0, 0.05) is 24.2 Å². The number of Topliss-reactive ketones (excluding diaryl/α,β-unsaturated/α-hetero) is 1. The summed E-state index contributed by atoms with van der Waals surface area (Å²) in [4.78, 5) is 39.1. The summed E-state index contributed by atoms with van der Waals surface area (Å²) in [6, 6.07) is 20.5. The molecule has 0 aromatic heterocycles. The van der Waals surface area contributed by atoms with E-state index in [2.05, 4.69) is 26.0 Å². The summed E-state index contributed by atoms with van der Waals surface area (Å²) >= 11 is 0. The minimum absolute atomic E-state index is 0.0524. The van der Waals surface area contributed by atoms with E-state index in [-0.39, 0.29) is 31.3 Å². The number of nitrogens with zero attached hydrogens (tertiary/aromatic N) is 1. The molecule has 0 bridgehead atoms. The Kier molecular flexibility index (Phi) is 7.53. The maximum atomic E-state index is 12.6. The number of esters is 1.